The number of ether oxygens (including phenoxy) is 2. The summed E-state index contributed by atoms with van der Waals surface area (Å²) in [7, 11) is 0. The molecule has 1 spiro atoms. The van der Waals surface area contributed by atoms with E-state index in [0.717, 1.165) is 54.4 Å². The Labute approximate surface area is 245 Å². The number of carbonyl (C=O) groups is 1. The second-order valence-corrected chi connectivity index (χ2v) is 13.2. The molecule has 0 aromatic heterocycles. The van der Waals surface area contributed by atoms with E-state index in [1.165, 1.54) is 0 Å². The van der Waals surface area contributed by atoms with Crippen LogP contribution in [0.1, 0.15) is 67.2 Å². The summed E-state index contributed by atoms with van der Waals surface area (Å²) in [5, 5.41) is 0. The molecule has 2 aliphatic rings. The van der Waals surface area contributed by atoms with E-state index in [1.54, 1.807) is 0 Å². The van der Waals surface area contributed by atoms with Crippen molar-refractivity contribution in [1.82, 2.24) is 0 Å². The molecule has 1 unspecified atom stereocenters. The molecule has 36 heavy (non-hydrogen) atoms. The molecule has 0 bridgehead atoms. The fourth-order valence-electron chi connectivity index (χ4n) is 5.07. The molecule has 3 aromatic carbocycles. The molecular formula is C28H25Br4NO3. The Hall–Kier alpha value is -1.35. The lowest BCUT2D eigenvalue weighted by Crippen LogP contribution is -2.34. The first kappa shape index (κ1) is 26.3. The molecule has 8 heteroatoms. The lowest BCUT2D eigenvalue weighted by Gasteiger charge is -2.38. The second-order valence-electron chi connectivity index (χ2n) is 9.99. The minimum absolute atomic E-state index is 0.0728. The summed E-state index contributed by atoms with van der Waals surface area (Å²) >= 11 is 14.7. The lowest BCUT2D eigenvalue weighted by atomic mass is 9.76. The van der Waals surface area contributed by atoms with Crippen LogP contribution in [-0.2, 0) is 15.8 Å². The van der Waals surface area contributed by atoms with Crippen molar-refractivity contribution >= 4 is 75.4 Å². The highest BCUT2D eigenvalue weighted by Gasteiger charge is 2.56. The third-order valence-electron chi connectivity index (χ3n) is 6.99. The molecule has 0 saturated carbocycles. The van der Waals surface area contributed by atoms with Crippen LogP contribution >= 0.6 is 63.7 Å². The van der Waals surface area contributed by atoms with Gasteiger partial charge >= 0.3 is 5.97 Å². The summed E-state index contributed by atoms with van der Waals surface area (Å²) in [5.74, 6) is 0.979. The molecule has 5 rings (SSSR count). The van der Waals surface area contributed by atoms with E-state index in [9.17, 15) is 4.79 Å². The standard InChI is InChI=1S/C28H25Br4NO3/c1-6-33(7-2)15-9-11-17-19(13-15)35-18-12-14(27(3,4)5)8-10-16(18)28(17)21-20(26(34)36-28)22(29)24(31)25(32)23(21)30/h8-13H,6-7H2,1-5H3. The number of hydrogen-bond acceptors (Lipinski definition) is 4. The number of halogens is 4. The zero-order valence-corrected chi connectivity index (χ0v) is 26.9. The van der Waals surface area contributed by atoms with Crippen molar-refractivity contribution in [3.63, 3.8) is 0 Å². The largest absolute Gasteiger partial charge is 0.456 e. The number of anilines is 1. The van der Waals surface area contributed by atoms with Crippen molar-refractivity contribution in [1.29, 1.82) is 0 Å². The molecule has 0 fully saturated rings. The van der Waals surface area contributed by atoms with Gasteiger partial charge in [-0.25, -0.2) is 4.79 Å². The fourth-order valence-corrected chi connectivity index (χ4v) is 7.63. The number of benzene rings is 3. The first-order valence-corrected chi connectivity index (χ1v) is 14.9. The molecule has 0 radical (unpaired) electrons. The van der Waals surface area contributed by atoms with Gasteiger partial charge in [0, 0.05) is 59.4 Å². The number of nitrogens with zero attached hydrogens (tertiary/aromatic N) is 1. The van der Waals surface area contributed by atoms with Crippen LogP contribution in [0.2, 0.25) is 0 Å². The van der Waals surface area contributed by atoms with Gasteiger partial charge in [0.05, 0.1) is 5.56 Å². The Kier molecular flexibility index (Phi) is 6.67. The van der Waals surface area contributed by atoms with Crippen LogP contribution in [-0.4, -0.2) is 19.1 Å². The van der Waals surface area contributed by atoms with Gasteiger partial charge in [-0.1, -0.05) is 32.9 Å². The SMILES string of the molecule is CCN(CC)c1ccc2c(c1)Oc1cc(C(C)(C)C)ccc1C21OC(=O)c2c(Br)c(Br)c(Br)c(Br)c21. The summed E-state index contributed by atoms with van der Waals surface area (Å²) in [5.41, 5.74) is 3.79. The summed E-state index contributed by atoms with van der Waals surface area (Å²) in [4.78, 5) is 15.8. The Morgan fingerprint density at radius 1 is 0.833 bits per heavy atom. The van der Waals surface area contributed by atoms with Crippen LogP contribution in [0.4, 0.5) is 5.69 Å². The summed E-state index contributed by atoms with van der Waals surface area (Å²) < 4.78 is 16.0. The highest BCUT2D eigenvalue weighted by Crippen LogP contribution is 2.61. The molecule has 0 N–H and O–H groups in total. The number of carbonyl (C=O) groups excluding carboxylic acids is 1. The minimum Gasteiger partial charge on any atom is -0.456 e. The molecular weight excluding hydrogens is 718 g/mol. The Bertz CT molecular complexity index is 1430. The van der Waals surface area contributed by atoms with Gasteiger partial charge in [-0.3, -0.25) is 0 Å². The van der Waals surface area contributed by atoms with Gasteiger partial charge in [-0.05, 0) is 107 Å². The number of fused-ring (bicyclic) bond motifs is 6. The van der Waals surface area contributed by atoms with Crippen LogP contribution < -0.4 is 9.64 Å². The van der Waals surface area contributed by atoms with Gasteiger partial charge < -0.3 is 14.4 Å². The first-order valence-electron chi connectivity index (χ1n) is 11.8. The van der Waals surface area contributed by atoms with Crippen molar-refractivity contribution in [3.05, 3.63) is 82.1 Å². The summed E-state index contributed by atoms with van der Waals surface area (Å²) in [6.45, 7) is 12.5. The van der Waals surface area contributed by atoms with E-state index in [4.69, 9.17) is 9.47 Å². The highest BCUT2D eigenvalue weighted by molar-refractivity contribution is 9.15. The normalized spacial score (nSPS) is 17.9. The van der Waals surface area contributed by atoms with Crippen LogP contribution in [0.5, 0.6) is 11.5 Å². The predicted octanol–water partition coefficient (Wildman–Crippen LogP) is 9.45. The molecule has 0 saturated heterocycles. The molecule has 2 aliphatic heterocycles. The molecule has 2 heterocycles. The van der Waals surface area contributed by atoms with Crippen molar-refractivity contribution in [2.75, 3.05) is 18.0 Å². The monoisotopic (exact) mass is 739 g/mol. The van der Waals surface area contributed by atoms with Crippen LogP contribution in [0.15, 0.2) is 54.3 Å². The second kappa shape index (κ2) is 9.14. The van der Waals surface area contributed by atoms with E-state index in [2.05, 4.69) is 128 Å². The minimum atomic E-state index is -1.17. The average Bonchev–Trinajstić information content (AvgIpc) is 3.14. The zero-order chi connectivity index (χ0) is 26.2. The van der Waals surface area contributed by atoms with Gasteiger partial charge in [0.15, 0.2) is 5.60 Å². The molecule has 1 atom stereocenters. The zero-order valence-electron chi connectivity index (χ0n) is 20.6. The Morgan fingerprint density at radius 2 is 1.42 bits per heavy atom. The van der Waals surface area contributed by atoms with Crippen molar-refractivity contribution < 1.29 is 14.3 Å². The van der Waals surface area contributed by atoms with Crippen LogP contribution in [0, 0.1) is 0 Å². The molecule has 4 nitrogen and oxygen atoms in total. The van der Waals surface area contributed by atoms with Crippen molar-refractivity contribution in [2.45, 2.75) is 45.6 Å². The van der Waals surface area contributed by atoms with E-state index >= 15 is 0 Å². The topological polar surface area (TPSA) is 38.8 Å². The maximum Gasteiger partial charge on any atom is 0.341 e. The third kappa shape index (κ3) is 3.73. The van der Waals surface area contributed by atoms with Crippen molar-refractivity contribution in [2.24, 2.45) is 0 Å². The number of hydrogen-bond donors (Lipinski definition) is 0. The maximum atomic E-state index is 13.5. The van der Waals surface area contributed by atoms with E-state index in [-0.39, 0.29) is 5.41 Å². The van der Waals surface area contributed by atoms with Gasteiger partial charge in [-0.2, -0.15) is 0 Å². The molecule has 3 aromatic rings. The van der Waals surface area contributed by atoms with Gasteiger partial charge in [0.2, 0.25) is 0 Å². The Morgan fingerprint density at radius 3 is 2.03 bits per heavy atom. The number of esters is 1. The first-order chi connectivity index (χ1) is 16.9. The molecule has 0 aliphatic carbocycles. The molecule has 0 amide bonds. The van der Waals surface area contributed by atoms with Gasteiger partial charge in [-0.15, -0.1) is 0 Å². The van der Waals surface area contributed by atoms with Crippen molar-refractivity contribution in [3.8, 4) is 11.5 Å². The van der Waals surface area contributed by atoms with E-state index in [0.29, 0.717) is 21.5 Å². The summed E-state index contributed by atoms with van der Waals surface area (Å²) in [6.07, 6.45) is 0. The van der Waals surface area contributed by atoms with Crippen LogP contribution in [0.25, 0.3) is 0 Å². The quantitative estimate of drug-likeness (QED) is 0.152. The van der Waals surface area contributed by atoms with Gasteiger partial charge in [0.25, 0.3) is 0 Å². The lowest BCUT2D eigenvalue weighted by molar-refractivity contribution is 0.0222. The highest BCUT2D eigenvalue weighted by atomic mass is 79.9. The maximum absolute atomic E-state index is 13.5. The molecule has 188 valence electrons. The van der Waals surface area contributed by atoms with E-state index < -0.39 is 11.6 Å². The third-order valence-corrected chi connectivity index (χ3v) is 11.8. The fraction of sp³-hybridized carbons (Fsp3) is 0.321. The van der Waals surface area contributed by atoms with Crippen LogP contribution in [0.3, 0.4) is 0 Å². The summed E-state index contributed by atoms with van der Waals surface area (Å²) in [6, 6.07) is 12.4. The average molecular weight is 743 g/mol. The van der Waals surface area contributed by atoms with E-state index in [1.807, 2.05) is 12.1 Å². The smallest absolute Gasteiger partial charge is 0.341 e. The predicted molar refractivity (Wildman–Crippen MR) is 158 cm³/mol. The Balaban J connectivity index is 1.88. The van der Waals surface area contributed by atoms with Gasteiger partial charge in [0.1, 0.15) is 11.5 Å². The number of rotatable bonds is 3.